The molecule has 0 bridgehead atoms. The molecule has 2 rings (SSSR count). The Kier molecular flexibility index (Phi) is 5.44. The highest BCUT2D eigenvalue weighted by atomic mass is 79.9. The number of thiophene rings is 1. The van der Waals surface area contributed by atoms with E-state index in [1.54, 1.807) is 12.3 Å². The Bertz CT molecular complexity index is 705. The van der Waals surface area contributed by atoms with E-state index in [0.717, 1.165) is 17.0 Å². The van der Waals surface area contributed by atoms with Crippen LogP contribution in [0.1, 0.15) is 5.69 Å². The highest BCUT2D eigenvalue weighted by Crippen LogP contribution is 2.42. The smallest absolute Gasteiger partial charge is 0.244 e. The van der Waals surface area contributed by atoms with Crippen LogP contribution in [0.3, 0.4) is 0 Å². The lowest BCUT2D eigenvalue weighted by Crippen LogP contribution is -2.26. The van der Waals surface area contributed by atoms with Gasteiger partial charge >= 0.3 is 0 Å². The van der Waals surface area contributed by atoms with Crippen molar-refractivity contribution in [2.45, 2.75) is 11.3 Å². The predicted octanol–water partition coefficient (Wildman–Crippen LogP) is 3.73. The third kappa shape index (κ3) is 3.72. The van der Waals surface area contributed by atoms with E-state index in [9.17, 15) is 8.42 Å². The van der Waals surface area contributed by atoms with Crippen molar-refractivity contribution in [3.05, 3.63) is 43.2 Å². The van der Waals surface area contributed by atoms with Gasteiger partial charge < -0.3 is 0 Å². The van der Waals surface area contributed by atoms with Crippen LogP contribution in [-0.2, 0) is 16.4 Å². The first-order valence-corrected chi connectivity index (χ1v) is 9.29. The summed E-state index contributed by atoms with van der Waals surface area (Å²) in [5.74, 6) is 0. The number of pyridine rings is 1. The molecule has 0 saturated heterocycles. The molecule has 2 aromatic rings. The third-order valence-electron chi connectivity index (χ3n) is 2.40. The number of hydrogen-bond donors (Lipinski definition) is 1. The van der Waals surface area contributed by atoms with E-state index in [2.05, 4.69) is 25.6 Å². The lowest BCUT2D eigenvalue weighted by atomic mass is 10.3. The van der Waals surface area contributed by atoms with Gasteiger partial charge in [0.2, 0.25) is 10.0 Å². The molecular weight excluding hydrogens is 407 g/mol. The lowest BCUT2D eigenvalue weighted by Gasteiger charge is -2.06. The van der Waals surface area contributed by atoms with Gasteiger partial charge in [0.15, 0.2) is 0 Å². The molecule has 2 aromatic heterocycles. The van der Waals surface area contributed by atoms with E-state index in [1.165, 1.54) is 0 Å². The summed E-state index contributed by atoms with van der Waals surface area (Å²) in [4.78, 5) is 4.10. The van der Waals surface area contributed by atoms with Gasteiger partial charge in [0, 0.05) is 24.9 Å². The Morgan fingerprint density at radius 1 is 1.30 bits per heavy atom. The summed E-state index contributed by atoms with van der Waals surface area (Å²) < 4.78 is 27.6. The molecule has 0 fully saturated rings. The molecule has 0 unspecified atom stereocenters. The molecule has 0 aliphatic heterocycles. The van der Waals surface area contributed by atoms with Crippen molar-refractivity contribution in [1.29, 1.82) is 0 Å². The molecule has 0 radical (unpaired) electrons. The molecule has 0 aliphatic carbocycles. The van der Waals surface area contributed by atoms with E-state index >= 15 is 0 Å². The van der Waals surface area contributed by atoms with Crippen molar-refractivity contribution >= 4 is 60.5 Å². The predicted molar refractivity (Wildman–Crippen MR) is 85.2 cm³/mol. The van der Waals surface area contributed by atoms with Gasteiger partial charge in [-0.15, -0.1) is 11.3 Å². The molecule has 0 spiro atoms. The topological polar surface area (TPSA) is 59.1 Å². The quantitative estimate of drug-likeness (QED) is 0.809. The molecule has 20 heavy (non-hydrogen) atoms. The van der Waals surface area contributed by atoms with Gasteiger partial charge in [0.1, 0.15) is 13.6 Å². The van der Waals surface area contributed by atoms with Gasteiger partial charge in [-0.2, -0.15) is 0 Å². The molecule has 0 atom stereocenters. The number of aromatic nitrogens is 1. The molecule has 1 N–H and O–H groups in total. The molecule has 9 heteroatoms. The average Bonchev–Trinajstić information content (AvgIpc) is 2.64. The first-order chi connectivity index (χ1) is 9.42. The summed E-state index contributed by atoms with van der Waals surface area (Å²) in [6, 6.07) is 5.49. The van der Waals surface area contributed by atoms with Crippen LogP contribution in [0, 0.1) is 0 Å². The van der Waals surface area contributed by atoms with Crippen LogP contribution in [-0.4, -0.2) is 19.9 Å². The van der Waals surface area contributed by atoms with Gasteiger partial charge in [0.05, 0.1) is 4.47 Å². The summed E-state index contributed by atoms with van der Waals surface area (Å²) >= 11 is 15.9. The molecule has 0 aromatic carbocycles. The Labute approximate surface area is 139 Å². The van der Waals surface area contributed by atoms with E-state index < -0.39 is 10.0 Å². The maximum absolute atomic E-state index is 12.2. The van der Waals surface area contributed by atoms with Crippen LogP contribution in [0.25, 0.3) is 0 Å². The summed E-state index contributed by atoms with van der Waals surface area (Å²) in [5, 5.41) is 0. The van der Waals surface area contributed by atoms with Crippen LogP contribution in [0.4, 0.5) is 0 Å². The van der Waals surface area contributed by atoms with Crippen LogP contribution >= 0.6 is 50.5 Å². The van der Waals surface area contributed by atoms with Gasteiger partial charge in [-0.3, -0.25) is 4.98 Å². The Morgan fingerprint density at radius 3 is 2.60 bits per heavy atom. The van der Waals surface area contributed by atoms with Crippen LogP contribution < -0.4 is 4.72 Å². The molecule has 0 saturated carbocycles. The van der Waals surface area contributed by atoms with E-state index in [0.29, 0.717) is 15.2 Å². The number of halogens is 3. The first-order valence-electron chi connectivity index (χ1n) is 5.44. The first kappa shape index (κ1) is 16.2. The largest absolute Gasteiger partial charge is 0.261 e. The number of nitrogens with zero attached hydrogens (tertiary/aromatic N) is 1. The highest BCUT2D eigenvalue weighted by molar-refractivity contribution is 9.10. The zero-order valence-electron chi connectivity index (χ0n) is 9.94. The zero-order valence-corrected chi connectivity index (χ0v) is 14.7. The summed E-state index contributed by atoms with van der Waals surface area (Å²) in [6.07, 6.45) is 2.16. The Balaban J connectivity index is 2.08. The molecule has 2 heterocycles. The van der Waals surface area contributed by atoms with Crippen LogP contribution in [0.15, 0.2) is 33.8 Å². The second-order valence-electron chi connectivity index (χ2n) is 3.76. The SMILES string of the molecule is O=S(=O)(NCCc1ccccn1)c1c(Cl)sc(Cl)c1Br. The van der Waals surface area contributed by atoms with Crippen molar-refractivity contribution in [2.75, 3.05) is 6.54 Å². The number of nitrogens with one attached hydrogen (secondary N) is 1. The van der Waals surface area contributed by atoms with E-state index in [1.807, 2.05) is 12.1 Å². The van der Waals surface area contributed by atoms with Gasteiger partial charge in [-0.1, -0.05) is 29.3 Å². The minimum Gasteiger partial charge on any atom is -0.261 e. The molecular formula is C11H9BrCl2N2O2S2. The molecule has 108 valence electrons. The number of hydrogen-bond acceptors (Lipinski definition) is 4. The number of sulfonamides is 1. The third-order valence-corrected chi connectivity index (χ3v) is 7.32. The fourth-order valence-corrected chi connectivity index (χ4v) is 6.08. The standard InChI is InChI=1S/C11H9BrCl2N2O2S2/c12-8-9(11(14)19-10(8)13)20(17,18)16-6-4-7-3-1-2-5-15-7/h1-3,5,16H,4,6H2. The Hall–Kier alpha value is -0.180. The fourth-order valence-electron chi connectivity index (χ4n) is 1.50. The monoisotopic (exact) mass is 414 g/mol. The van der Waals surface area contributed by atoms with Crippen molar-refractivity contribution < 1.29 is 8.42 Å². The molecule has 0 amide bonds. The highest BCUT2D eigenvalue weighted by Gasteiger charge is 2.25. The normalized spacial score (nSPS) is 11.8. The van der Waals surface area contributed by atoms with E-state index in [-0.39, 0.29) is 15.8 Å². The molecule has 0 aliphatic rings. The fraction of sp³-hybridized carbons (Fsp3) is 0.182. The maximum atomic E-state index is 12.2. The van der Waals surface area contributed by atoms with Gasteiger partial charge in [-0.05, 0) is 28.1 Å². The minimum absolute atomic E-state index is 0.0183. The molecule has 4 nitrogen and oxygen atoms in total. The second kappa shape index (κ2) is 6.72. The Morgan fingerprint density at radius 2 is 2.05 bits per heavy atom. The second-order valence-corrected chi connectivity index (χ2v) is 8.48. The summed E-state index contributed by atoms with van der Waals surface area (Å²) in [7, 11) is -3.70. The maximum Gasteiger partial charge on any atom is 0.244 e. The zero-order chi connectivity index (χ0) is 14.8. The van der Waals surface area contributed by atoms with Crippen molar-refractivity contribution in [3.63, 3.8) is 0 Å². The van der Waals surface area contributed by atoms with Crippen LogP contribution in [0.2, 0.25) is 8.67 Å². The van der Waals surface area contributed by atoms with Gasteiger partial charge in [-0.25, -0.2) is 13.1 Å². The average molecular weight is 416 g/mol. The summed E-state index contributed by atoms with van der Waals surface area (Å²) in [6.45, 7) is 0.232. The minimum atomic E-state index is -3.70. The van der Waals surface area contributed by atoms with Crippen molar-refractivity contribution in [3.8, 4) is 0 Å². The van der Waals surface area contributed by atoms with E-state index in [4.69, 9.17) is 23.2 Å². The van der Waals surface area contributed by atoms with Gasteiger partial charge in [0.25, 0.3) is 0 Å². The lowest BCUT2D eigenvalue weighted by molar-refractivity contribution is 0.581. The van der Waals surface area contributed by atoms with Crippen LogP contribution in [0.5, 0.6) is 0 Å². The summed E-state index contributed by atoms with van der Waals surface area (Å²) in [5.41, 5.74) is 0.809. The number of rotatable bonds is 5. The van der Waals surface area contributed by atoms with Crippen molar-refractivity contribution in [1.82, 2.24) is 9.71 Å². The van der Waals surface area contributed by atoms with Crippen molar-refractivity contribution in [2.24, 2.45) is 0 Å².